The van der Waals surface area contributed by atoms with Crippen molar-refractivity contribution in [2.24, 2.45) is 0 Å². The van der Waals surface area contributed by atoms with E-state index in [0.29, 0.717) is 0 Å². The highest BCUT2D eigenvalue weighted by atomic mass is 32.1. The van der Waals surface area contributed by atoms with E-state index in [1.54, 1.807) is 22.7 Å². The highest BCUT2D eigenvalue weighted by Crippen LogP contribution is 2.29. The molecule has 0 saturated heterocycles. The number of thiazole rings is 1. The molecule has 0 spiro atoms. The van der Waals surface area contributed by atoms with Gasteiger partial charge in [0.1, 0.15) is 5.01 Å². The average Bonchev–Trinajstić information content (AvgIpc) is 2.92. The Morgan fingerprint density at radius 1 is 1.41 bits per heavy atom. The zero-order valence-electron chi connectivity index (χ0n) is 10.5. The minimum atomic E-state index is 0.263. The number of nitrogens with zero attached hydrogens (tertiary/aromatic N) is 1. The summed E-state index contributed by atoms with van der Waals surface area (Å²) in [5.74, 6) is 0. The molecule has 2 heterocycles. The predicted molar refractivity (Wildman–Crippen MR) is 76.0 cm³/mol. The Labute approximate surface area is 111 Å². The molecule has 0 saturated carbocycles. The van der Waals surface area contributed by atoms with Crippen molar-refractivity contribution in [2.75, 3.05) is 6.54 Å². The molecule has 0 bridgehead atoms. The van der Waals surface area contributed by atoms with Crippen molar-refractivity contribution in [3.05, 3.63) is 38.0 Å². The third-order valence-corrected chi connectivity index (χ3v) is 4.61. The van der Waals surface area contributed by atoms with Crippen LogP contribution in [0.15, 0.2) is 16.8 Å². The van der Waals surface area contributed by atoms with Crippen molar-refractivity contribution in [3.63, 3.8) is 0 Å². The standard InChI is InChI=1S/C13H18N2S2/c1-4-6-14-12(11-5-7-16-8-11)13-15-9(2)10(3)17-13/h5,7-8,12,14H,4,6H2,1-3H3. The lowest BCUT2D eigenvalue weighted by molar-refractivity contribution is 0.596. The summed E-state index contributed by atoms with van der Waals surface area (Å²) in [7, 11) is 0. The van der Waals surface area contributed by atoms with Gasteiger partial charge in [-0.3, -0.25) is 0 Å². The van der Waals surface area contributed by atoms with Crippen molar-refractivity contribution in [3.8, 4) is 0 Å². The summed E-state index contributed by atoms with van der Waals surface area (Å²) in [4.78, 5) is 6.00. The van der Waals surface area contributed by atoms with Crippen LogP contribution in [0.5, 0.6) is 0 Å². The largest absolute Gasteiger partial charge is 0.304 e. The molecule has 4 heteroatoms. The molecule has 2 aromatic rings. The van der Waals surface area contributed by atoms with Crippen LogP contribution in [0.3, 0.4) is 0 Å². The van der Waals surface area contributed by atoms with Crippen LogP contribution in [0.2, 0.25) is 0 Å². The maximum Gasteiger partial charge on any atom is 0.115 e. The third-order valence-electron chi connectivity index (χ3n) is 2.77. The summed E-state index contributed by atoms with van der Waals surface area (Å²) in [5.41, 5.74) is 2.49. The first-order valence-electron chi connectivity index (χ1n) is 5.91. The van der Waals surface area contributed by atoms with Crippen molar-refractivity contribution in [2.45, 2.75) is 33.2 Å². The molecule has 17 heavy (non-hydrogen) atoms. The van der Waals surface area contributed by atoms with Gasteiger partial charge >= 0.3 is 0 Å². The molecule has 0 radical (unpaired) electrons. The third kappa shape index (κ3) is 2.94. The van der Waals surface area contributed by atoms with Gasteiger partial charge in [-0.15, -0.1) is 11.3 Å². The van der Waals surface area contributed by atoms with Crippen LogP contribution in [0, 0.1) is 13.8 Å². The second kappa shape index (κ2) is 5.76. The van der Waals surface area contributed by atoms with Crippen LogP contribution in [0.4, 0.5) is 0 Å². The van der Waals surface area contributed by atoms with E-state index in [0.717, 1.165) is 18.7 Å². The van der Waals surface area contributed by atoms with Gasteiger partial charge in [-0.1, -0.05) is 6.92 Å². The molecule has 2 aromatic heterocycles. The molecule has 1 N–H and O–H groups in total. The molecular weight excluding hydrogens is 248 g/mol. The Morgan fingerprint density at radius 3 is 2.76 bits per heavy atom. The number of rotatable bonds is 5. The molecule has 0 aromatic carbocycles. The zero-order chi connectivity index (χ0) is 12.3. The summed E-state index contributed by atoms with van der Waals surface area (Å²) in [6.45, 7) is 7.44. The first-order valence-corrected chi connectivity index (χ1v) is 7.67. The van der Waals surface area contributed by atoms with Crippen molar-refractivity contribution in [1.82, 2.24) is 10.3 Å². The second-order valence-corrected chi connectivity index (χ2v) is 6.15. The van der Waals surface area contributed by atoms with Gasteiger partial charge < -0.3 is 5.32 Å². The Hall–Kier alpha value is -0.710. The van der Waals surface area contributed by atoms with Crippen LogP contribution in [-0.2, 0) is 0 Å². The van der Waals surface area contributed by atoms with E-state index in [4.69, 9.17) is 0 Å². The lowest BCUT2D eigenvalue weighted by atomic mass is 10.1. The van der Waals surface area contributed by atoms with Crippen LogP contribution in [0.1, 0.15) is 40.5 Å². The molecule has 2 nitrogen and oxygen atoms in total. The van der Waals surface area contributed by atoms with Crippen LogP contribution in [-0.4, -0.2) is 11.5 Å². The number of hydrogen-bond acceptors (Lipinski definition) is 4. The number of nitrogens with one attached hydrogen (secondary N) is 1. The number of aromatic nitrogens is 1. The Bertz CT molecular complexity index is 440. The van der Waals surface area contributed by atoms with Gasteiger partial charge in [-0.05, 0) is 49.2 Å². The Kier molecular flexibility index (Phi) is 4.31. The quantitative estimate of drug-likeness (QED) is 0.887. The van der Waals surface area contributed by atoms with E-state index in [1.165, 1.54) is 15.4 Å². The van der Waals surface area contributed by atoms with Crippen LogP contribution >= 0.6 is 22.7 Å². The minimum absolute atomic E-state index is 0.263. The molecule has 1 unspecified atom stereocenters. The summed E-state index contributed by atoms with van der Waals surface area (Å²) >= 11 is 3.55. The number of thiophene rings is 1. The van der Waals surface area contributed by atoms with E-state index in [1.807, 2.05) is 0 Å². The predicted octanol–water partition coefficient (Wildman–Crippen LogP) is 3.91. The monoisotopic (exact) mass is 266 g/mol. The minimum Gasteiger partial charge on any atom is -0.304 e. The molecule has 92 valence electrons. The second-order valence-electron chi connectivity index (χ2n) is 4.14. The van der Waals surface area contributed by atoms with Gasteiger partial charge in [0.25, 0.3) is 0 Å². The summed E-state index contributed by atoms with van der Waals surface area (Å²) in [6, 6.07) is 2.45. The first kappa shape index (κ1) is 12.7. The van der Waals surface area contributed by atoms with Crippen molar-refractivity contribution in [1.29, 1.82) is 0 Å². The van der Waals surface area contributed by atoms with E-state index in [9.17, 15) is 0 Å². The maximum absolute atomic E-state index is 4.68. The lowest BCUT2D eigenvalue weighted by Crippen LogP contribution is -2.22. The smallest absolute Gasteiger partial charge is 0.115 e. The Balaban J connectivity index is 2.26. The fourth-order valence-electron chi connectivity index (χ4n) is 1.70. The van der Waals surface area contributed by atoms with E-state index < -0.39 is 0 Å². The van der Waals surface area contributed by atoms with Crippen molar-refractivity contribution >= 4 is 22.7 Å². The molecular formula is C13H18N2S2. The molecule has 0 fully saturated rings. The fraction of sp³-hybridized carbons (Fsp3) is 0.462. The van der Waals surface area contributed by atoms with Crippen LogP contribution < -0.4 is 5.32 Å². The first-order chi connectivity index (χ1) is 8.22. The van der Waals surface area contributed by atoms with Gasteiger partial charge in [0, 0.05) is 4.88 Å². The fourth-order valence-corrected chi connectivity index (χ4v) is 3.41. The topological polar surface area (TPSA) is 24.9 Å². The normalized spacial score (nSPS) is 12.9. The summed E-state index contributed by atoms with van der Waals surface area (Å²) in [5, 5.41) is 9.11. The summed E-state index contributed by atoms with van der Waals surface area (Å²) in [6.07, 6.45) is 1.14. The molecule has 0 aliphatic carbocycles. The SMILES string of the molecule is CCCNC(c1ccsc1)c1nc(C)c(C)s1. The van der Waals surface area contributed by atoms with Gasteiger partial charge in [0.05, 0.1) is 11.7 Å². The molecule has 0 amide bonds. The molecule has 1 atom stereocenters. The summed E-state index contributed by atoms with van der Waals surface area (Å²) < 4.78 is 0. The molecule has 2 rings (SSSR count). The van der Waals surface area contributed by atoms with Gasteiger partial charge in [-0.2, -0.15) is 11.3 Å². The highest BCUT2D eigenvalue weighted by molar-refractivity contribution is 7.11. The van der Waals surface area contributed by atoms with Gasteiger partial charge in [0.15, 0.2) is 0 Å². The Morgan fingerprint density at radius 2 is 2.24 bits per heavy atom. The van der Waals surface area contributed by atoms with E-state index >= 15 is 0 Å². The molecule has 0 aliphatic rings. The van der Waals surface area contributed by atoms with E-state index in [-0.39, 0.29) is 6.04 Å². The average molecular weight is 266 g/mol. The van der Waals surface area contributed by atoms with Crippen molar-refractivity contribution < 1.29 is 0 Å². The van der Waals surface area contributed by atoms with Gasteiger partial charge in [0.2, 0.25) is 0 Å². The number of hydrogen-bond donors (Lipinski definition) is 1. The van der Waals surface area contributed by atoms with Gasteiger partial charge in [-0.25, -0.2) is 4.98 Å². The lowest BCUT2D eigenvalue weighted by Gasteiger charge is -2.14. The molecule has 0 aliphatic heterocycles. The number of aryl methyl sites for hydroxylation is 2. The maximum atomic E-state index is 4.68. The van der Waals surface area contributed by atoms with E-state index in [2.05, 4.69) is 47.9 Å². The highest BCUT2D eigenvalue weighted by Gasteiger charge is 2.18. The zero-order valence-corrected chi connectivity index (χ0v) is 12.1. The van der Waals surface area contributed by atoms with Crippen LogP contribution in [0.25, 0.3) is 0 Å².